The summed E-state index contributed by atoms with van der Waals surface area (Å²) >= 11 is 0. The van der Waals surface area contributed by atoms with Crippen molar-refractivity contribution in [1.82, 2.24) is 14.9 Å². The molecule has 1 aliphatic rings. The van der Waals surface area contributed by atoms with Crippen LogP contribution in [0.15, 0.2) is 24.5 Å². The molecule has 21 heavy (non-hydrogen) atoms. The van der Waals surface area contributed by atoms with Gasteiger partial charge >= 0.3 is 0 Å². The molecule has 3 rings (SSSR count). The zero-order chi connectivity index (χ0) is 14.8. The maximum atomic E-state index is 13.5. The van der Waals surface area contributed by atoms with Gasteiger partial charge in [-0.3, -0.25) is 0 Å². The molecule has 0 aliphatic carbocycles. The first-order chi connectivity index (χ1) is 10.1. The molecule has 1 unspecified atom stereocenters. The van der Waals surface area contributed by atoms with Crippen LogP contribution < -0.4 is 5.32 Å². The number of aryl methyl sites for hydroxylation is 1. The van der Waals surface area contributed by atoms with Gasteiger partial charge < -0.3 is 9.88 Å². The predicted octanol–water partition coefficient (Wildman–Crippen LogP) is 2.65. The van der Waals surface area contributed by atoms with Crippen molar-refractivity contribution in [2.24, 2.45) is 5.92 Å². The van der Waals surface area contributed by atoms with Crippen LogP contribution in [0.1, 0.15) is 17.8 Å². The summed E-state index contributed by atoms with van der Waals surface area (Å²) in [4.78, 5) is 4.26. The second-order valence-corrected chi connectivity index (χ2v) is 5.39. The van der Waals surface area contributed by atoms with E-state index in [4.69, 9.17) is 0 Å². The Kier molecular flexibility index (Phi) is 3.96. The highest BCUT2D eigenvalue weighted by Gasteiger charge is 2.18. The van der Waals surface area contributed by atoms with E-state index in [2.05, 4.69) is 14.9 Å². The van der Waals surface area contributed by atoms with E-state index < -0.39 is 17.5 Å². The minimum absolute atomic E-state index is 0.146. The molecular formula is C15H16F3N3. The number of aromatic nitrogens is 2. The van der Waals surface area contributed by atoms with Gasteiger partial charge in [0.2, 0.25) is 0 Å². The fourth-order valence-electron chi connectivity index (χ4n) is 2.71. The van der Waals surface area contributed by atoms with Gasteiger partial charge in [-0.25, -0.2) is 18.2 Å². The van der Waals surface area contributed by atoms with Gasteiger partial charge in [0.25, 0.3) is 0 Å². The summed E-state index contributed by atoms with van der Waals surface area (Å²) in [6.45, 7) is 1.77. The van der Waals surface area contributed by atoms with E-state index >= 15 is 0 Å². The van der Waals surface area contributed by atoms with Crippen molar-refractivity contribution >= 4 is 0 Å². The highest BCUT2D eigenvalue weighted by molar-refractivity contribution is 5.19. The minimum Gasteiger partial charge on any atom is -0.335 e. The molecule has 0 spiro atoms. The van der Waals surface area contributed by atoms with E-state index in [1.54, 1.807) is 6.20 Å². The van der Waals surface area contributed by atoms with Crippen molar-refractivity contribution in [2.75, 3.05) is 6.54 Å². The molecule has 2 aromatic rings. The van der Waals surface area contributed by atoms with Gasteiger partial charge in [-0.1, -0.05) is 0 Å². The van der Waals surface area contributed by atoms with Crippen LogP contribution in [0.3, 0.4) is 0 Å². The van der Waals surface area contributed by atoms with Crippen LogP contribution in [0.2, 0.25) is 0 Å². The second kappa shape index (κ2) is 5.89. The highest BCUT2D eigenvalue weighted by atomic mass is 19.2. The number of nitrogens with zero attached hydrogens (tertiary/aromatic N) is 2. The lowest BCUT2D eigenvalue weighted by molar-refractivity contribution is 0.346. The predicted molar refractivity (Wildman–Crippen MR) is 72.1 cm³/mol. The molecule has 3 nitrogen and oxygen atoms in total. The third-order valence-electron chi connectivity index (χ3n) is 3.87. The zero-order valence-corrected chi connectivity index (χ0v) is 11.5. The number of nitrogens with one attached hydrogen (secondary N) is 1. The van der Waals surface area contributed by atoms with Gasteiger partial charge in [0.05, 0.1) is 0 Å². The maximum absolute atomic E-state index is 13.5. The lowest BCUT2D eigenvalue weighted by Crippen LogP contribution is -2.30. The fraction of sp³-hybridized carbons (Fsp3) is 0.400. The third kappa shape index (κ3) is 3.10. The second-order valence-electron chi connectivity index (χ2n) is 5.39. The SMILES string of the molecule is Fc1cc(F)c(CNCC2CCc3nccn3C2)cc1F. The summed E-state index contributed by atoms with van der Waals surface area (Å²) in [6.07, 6.45) is 5.70. The Morgan fingerprint density at radius 2 is 2.00 bits per heavy atom. The van der Waals surface area contributed by atoms with E-state index in [9.17, 15) is 13.2 Å². The average molecular weight is 295 g/mol. The molecule has 2 heterocycles. The Hall–Kier alpha value is -1.82. The lowest BCUT2D eigenvalue weighted by Gasteiger charge is -2.24. The van der Waals surface area contributed by atoms with Crippen LogP contribution in [-0.4, -0.2) is 16.1 Å². The van der Waals surface area contributed by atoms with E-state index in [0.717, 1.165) is 31.3 Å². The van der Waals surface area contributed by atoms with Crippen molar-refractivity contribution < 1.29 is 13.2 Å². The summed E-state index contributed by atoms with van der Waals surface area (Å²) in [5.41, 5.74) is 0.146. The van der Waals surface area contributed by atoms with Crippen LogP contribution in [0.5, 0.6) is 0 Å². The third-order valence-corrected chi connectivity index (χ3v) is 3.87. The minimum atomic E-state index is -1.16. The molecule has 1 atom stereocenters. The quantitative estimate of drug-likeness (QED) is 0.879. The number of hydrogen-bond donors (Lipinski definition) is 1. The molecule has 1 aromatic carbocycles. The fourth-order valence-corrected chi connectivity index (χ4v) is 2.71. The Balaban J connectivity index is 1.54. The van der Waals surface area contributed by atoms with Crippen LogP contribution in [-0.2, 0) is 19.5 Å². The standard InChI is InChI=1S/C15H16F3N3/c16-12-6-14(18)13(17)5-11(12)8-19-7-10-1-2-15-20-3-4-21(15)9-10/h3-6,10,19H,1-2,7-9H2. The van der Waals surface area contributed by atoms with Crippen LogP contribution >= 0.6 is 0 Å². The molecule has 6 heteroatoms. The molecule has 1 aromatic heterocycles. The molecule has 0 bridgehead atoms. The first-order valence-corrected chi connectivity index (χ1v) is 6.97. The van der Waals surface area contributed by atoms with Crippen molar-refractivity contribution in [2.45, 2.75) is 25.9 Å². The number of fused-ring (bicyclic) bond motifs is 1. The molecule has 0 fully saturated rings. The van der Waals surface area contributed by atoms with E-state index in [-0.39, 0.29) is 12.1 Å². The van der Waals surface area contributed by atoms with Crippen molar-refractivity contribution in [3.8, 4) is 0 Å². The lowest BCUT2D eigenvalue weighted by atomic mass is 9.99. The van der Waals surface area contributed by atoms with Crippen molar-refractivity contribution in [1.29, 1.82) is 0 Å². The Labute approximate surface area is 120 Å². The summed E-state index contributed by atoms with van der Waals surface area (Å²) in [5, 5.41) is 3.12. The summed E-state index contributed by atoms with van der Waals surface area (Å²) < 4.78 is 41.5. The molecule has 0 saturated heterocycles. The van der Waals surface area contributed by atoms with Crippen LogP contribution in [0.25, 0.3) is 0 Å². The molecule has 0 saturated carbocycles. The van der Waals surface area contributed by atoms with Crippen molar-refractivity contribution in [3.63, 3.8) is 0 Å². The molecule has 0 radical (unpaired) electrons. The number of hydrogen-bond acceptors (Lipinski definition) is 2. The first kappa shape index (κ1) is 14.1. The van der Waals surface area contributed by atoms with Gasteiger partial charge in [-0.05, 0) is 24.9 Å². The Morgan fingerprint density at radius 1 is 1.19 bits per heavy atom. The summed E-state index contributed by atoms with van der Waals surface area (Å²) in [5.74, 6) is -1.37. The molecule has 1 aliphatic heterocycles. The van der Waals surface area contributed by atoms with Gasteiger partial charge in [-0.15, -0.1) is 0 Å². The van der Waals surface area contributed by atoms with Gasteiger partial charge in [-0.2, -0.15) is 0 Å². The topological polar surface area (TPSA) is 29.9 Å². The monoisotopic (exact) mass is 295 g/mol. The Bertz CT molecular complexity index is 639. The summed E-state index contributed by atoms with van der Waals surface area (Å²) in [6, 6.07) is 1.50. The number of benzene rings is 1. The van der Waals surface area contributed by atoms with E-state index in [1.807, 2.05) is 6.20 Å². The normalized spacial score (nSPS) is 17.8. The maximum Gasteiger partial charge on any atom is 0.161 e. The molecule has 1 N–H and O–H groups in total. The molecular weight excluding hydrogens is 279 g/mol. The van der Waals surface area contributed by atoms with E-state index in [1.165, 1.54) is 0 Å². The first-order valence-electron chi connectivity index (χ1n) is 6.97. The molecule has 112 valence electrons. The Morgan fingerprint density at radius 3 is 2.86 bits per heavy atom. The smallest absolute Gasteiger partial charge is 0.161 e. The number of imidazole rings is 1. The van der Waals surface area contributed by atoms with Gasteiger partial charge in [0, 0.05) is 43.5 Å². The van der Waals surface area contributed by atoms with Gasteiger partial charge in [0.15, 0.2) is 11.6 Å². The largest absolute Gasteiger partial charge is 0.335 e. The molecule has 0 amide bonds. The zero-order valence-electron chi connectivity index (χ0n) is 11.5. The summed E-state index contributed by atoms with van der Waals surface area (Å²) in [7, 11) is 0. The van der Waals surface area contributed by atoms with Crippen LogP contribution in [0, 0.1) is 23.4 Å². The average Bonchev–Trinajstić information content (AvgIpc) is 2.92. The van der Waals surface area contributed by atoms with Crippen LogP contribution in [0.4, 0.5) is 13.2 Å². The highest BCUT2D eigenvalue weighted by Crippen LogP contribution is 2.18. The van der Waals surface area contributed by atoms with Gasteiger partial charge in [0.1, 0.15) is 11.6 Å². The van der Waals surface area contributed by atoms with E-state index in [0.29, 0.717) is 18.5 Å². The number of rotatable bonds is 4. The van der Waals surface area contributed by atoms with Crippen molar-refractivity contribution in [3.05, 3.63) is 53.4 Å². The number of halogens is 3.